The van der Waals surface area contributed by atoms with Crippen molar-refractivity contribution in [3.8, 4) is 0 Å². The molecule has 1 rings (SSSR count). The van der Waals surface area contributed by atoms with Crippen LogP contribution < -0.4 is 11.1 Å². The van der Waals surface area contributed by atoms with Crippen LogP contribution in [0.5, 0.6) is 0 Å². The number of hydrogen-bond donors (Lipinski definition) is 2. The number of carbonyl (C=O) groups excluding carboxylic acids is 1. The Labute approximate surface area is 92.6 Å². The average molecular weight is 223 g/mol. The smallest absolute Gasteiger partial charge is 0.282 e. The molecule has 0 aromatic heterocycles. The van der Waals surface area contributed by atoms with Crippen LogP contribution in [0.2, 0.25) is 0 Å². The van der Waals surface area contributed by atoms with Crippen molar-refractivity contribution >= 4 is 11.6 Å². The maximum atomic E-state index is 11.7. The molecule has 0 unspecified atom stereocenters. The summed E-state index contributed by atoms with van der Waals surface area (Å²) in [5.74, 6) is -0.481. The van der Waals surface area contributed by atoms with E-state index in [0.29, 0.717) is 0 Å². The Balaban J connectivity index is 2.95. The van der Waals surface area contributed by atoms with Gasteiger partial charge in [-0.1, -0.05) is 12.1 Å². The van der Waals surface area contributed by atoms with Gasteiger partial charge in [0.25, 0.3) is 11.6 Å². The normalized spacial score (nSPS) is 11.9. The van der Waals surface area contributed by atoms with Crippen molar-refractivity contribution in [1.29, 1.82) is 0 Å². The van der Waals surface area contributed by atoms with E-state index in [1.54, 1.807) is 13.0 Å². The molecule has 16 heavy (non-hydrogen) atoms. The van der Waals surface area contributed by atoms with Crippen LogP contribution >= 0.6 is 0 Å². The Morgan fingerprint density at radius 1 is 1.56 bits per heavy atom. The molecule has 0 fully saturated rings. The van der Waals surface area contributed by atoms with Crippen LogP contribution in [0.1, 0.15) is 17.3 Å². The average Bonchev–Trinajstić information content (AvgIpc) is 2.28. The number of nitro benzene ring substituents is 1. The number of nitro groups is 1. The molecule has 0 saturated carbocycles. The van der Waals surface area contributed by atoms with E-state index < -0.39 is 10.8 Å². The second-order valence-electron chi connectivity index (χ2n) is 3.38. The highest BCUT2D eigenvalue weighted by Gasteiger charge is 2.19. The number of nitrogens with one attached hydrogen (secondary N) is 1. The topological polar surface area (TPSA) is 98.3 Å². The van der Waals surface area contributed by atoms with Crippen LogP contribution in [0.25, 0.3) is 0 Å². The maximum Gasteiger partial charge on any atom is 0.282 e. The van der Waals surface area contributed by atoms with E-state index in [1.165, 1.54) is 18.2 Å². The Bertz CT molecular complexity index is 406. The fourth-order valence-electron chi connectivity index (χ4n) is 1.19. The van der Waals surface area contributed by atoms with Crippen molar-refractivity contribution in [1.82, 2.24) is 5.32 Å². The minimum absolute atomic E-state index is 0.0489. The van der Waals surface area contributed by atoms with Gasteiger partial charge in [0.05, 0.1) is 4.92 Å². The third-order valence-corrected chi connectivity index (χ3v) is 2.08. The lowest BCUT2D eigenvalue weighted by Crippen LogP contribution is -2.38. The fraction of sp³-hybridized carbons (Fsp3) is 0.300. The monoisotopic (exact) mass is 223 g/mol. The van der Waals surface area contributed by atoms with Gasteiger partial charge < -0.3 is 11.1 Å². The first kappa shape index (κ1) is 12.1. The van der Waals surface area contributed by atoms with E-state index in [4.69, 9.17) is 5.73 Å². The minimum atomic E-state index is -0.581. The van der Waals surface area contributed by atoms with Crippen molar-refractivity contribution < 1.29 is 9.72 Å². The quantitative estimate of drug-likeness (QED) is 0.579. The van der Waals surface area contributed by atoms with Gasteiger partial charge >= 0.3 is 0 Å². The summed E-state index contributed by atoms with van der Waals surface area (Å²) in [5, 5.41) is 13.3. The summed E-state index contributed by atoms with van der Waals surface area (Å²) < 4.78 is 0. The zero-order valence-electron chi connectivity index (χ0n) is 8.84. The second-order valence-corrected chi connectivity index (χ2v) is 3.38. The number of amides is 1. The van der Waals surface area contributed by atoms with Crippen molar-refractivity contribution in [2.45, 2.75) is 13.0 Å². The first-order chi connectivity index (χ1) is 7.56. The molecule has 0 spiro atoms. The fourth-order valence-corrected chi connectivity index (χ4v) is 1.19. The van der Waals surface area contributed by atoms with Crippen molar-refractivity contribution in [3.63, 3.8) is 0 Å². The molecule has 1 aromatic rings. The molecule has 1 aromatic carbocycles. The predicted molar refractivity (Wildman–Crippen MR) is 59.1 cm³/mol. The molecular weight excluding hydrogens is 210 g/mol. The van der Waals surface area contributed by atoms with E-state index in [-0.39, 0.29) is 23.8 Å². The lowest BCUT2D eigenvalue weighted by atomic mass is 10.1. The number of hydrogen-bond acceptors (Lipinski definition) is 4. The van der Waals surface area contributed by atoms with Gasteiger partial charge in [-0.25, -0.2) is 0 Å². The number of nitrogens with two attached hydrogens (primary N) is 1. The van der Waals surface area contributed by atoms with Crippen molar-refractivity contribution in [2.75, 3.05) is 6.54 Å². The number of carbonyl (C=O) groups is 1. The van der Waals surface area contributed by atoms with Crippen LogP contribution in [0.4, 0.5) is 5.69 Å². The Hall–Kier alpha value is -1.95. The summed E-state index contributed by atoms with van der Waals surface area (Å²) in [6.07, 6.45) is 0. The lowest BCUT2D eigenvalue weighted by Gasteiger charge is -2.10. The van der Waals surface area contributed by atoms with Crippen LogP contribution in [0, 0.1) is 10.1 Å². The van der Waals surface area contributed by atoms with Gasteiger partial charge in [-0.3, -0.25) is 14.9 Å². The number of benzene rings is 1. The Morgan fingerprint density at radius 3 is 2.75 bits per heavy atom. The van der Waals surface area contributed by atoms with Gasteiger partial charge in [-0.15, -0.1) is 0 Å². The first-order valence-corrected chi connectivity index (χ1v) is 4.80. The third kappa shape index (κ3) is 2.77. The van der Waals surface area contributed by atoms with Gasteiger partial charge in [-0.05, 0) is 13.0 Å². The summed E-state index contributed by atoms with van der Waals surface area (Å²) in [5.41, 5.74) is 5.19. The molecule has 1 amide bonds. The summed E-state index contributed by atoms with van der Waals surface area (Å²) in [6.45, 7) is 2.01. The van der Waals surface area contributed by atoms with Crippen molar-refractivity contribution in [2.24, 2.45) is 5.73 Å². The minimum Gasteiger partial charge on any atom is -0.348 e. The zero-order valence-corrected chi connectivity index (χ0v) is 8.84. The largest absolute Gasteiger partial charge is 0.348 e. The van der Waals surface area contributed by atoms with E-state index >= 15 is 0 Å². The van der Waals surface area contributed by atoms with E-state index in [1.807, 2.05) is 0 Å². The highest BCUT2D eigenvalue weighted by atomic mass is 16.6. The summed E-state index contributed by atoms with van der Waals surface area (Å²) in [7, 11) is 0. The van der Waals surface area contributed by atoms with Crippen LogP contribution in [0.3, 0.4) is 0 Å². The second kappa shape index (κ2) is 5.22. The molecule has 0 bridgehead atoms. The molecule has 0 radical (unpaired) electrons. The molecule has 6 nitrogen and oxygen atoms in total. The number of rotatable bonds is 4. The molecule has 0 aliphatic heterocycles. The molecule has 1 atom stereocenters. The van der Waals surface area contributed by atoms with E-state index in [0.717, 1.165) is 0 Å². The molecule has 86 valence electrons. The third-order valence-electron chi connectivity index (χ3n) is 2.08. The zero-order chi connectivity index (χ0) is 12.1. The van der Waals surface area contributed by atoms with Gasteiger partial charge in [0.1, 0.15) is 5.56 Å². The van der Waals surface area contributed by atoms with Crippen LogP contribution in [-0.4, -0.2) is 23.4 Å². The molecule has 0 aliphatic carbocycles. The highest BCUT2D eigenvalue weighted by molar-refractivity contribution is 5.98. The predicted octanol–water partition coefficient (Wildman–Crippen LogP) is 0.672. The molecule has 0 heterocycles. The van der Waals surface area contributed by atoms with Crippen LogP contribution in [-0.2, 0) is 0 Å². The standard InChI is InChI=1S/C10H13N3O3/c1-7(6-11)12-10(14)8-4-2-3-5-9(8)13(15)16/h2-5,7H,6,11H2,1H3,(H,12,14)/t7-/m1/s1. The van der Waals surface area contributed by atoms with E-state index in [9.17, 15) is 14.9 Å². The van der Waals surface area contributed by atoms with Gasteiger partial charge in [0.15, 0.2) is 0 Å². The molecule has 0 saturated heterocycles. The van der Waals surface area contributed by atoms with Crippen molar-refractivity contribution in [3.05, 3.63) is 39.9 Å². The molecule has 3 N–H and O–H groups in total. The SMILES string of the molecule is C[C@H](CN)NC(=O)c1ccccc1[N+](=O)[O-]. The first-order valence-electron chi connectivity index (χ1n) is 4.80. The lowest BCUT2D eigenvalue weighted by molar-refractivity contribution is -0.385. The number of nitrogens with zero attached hydrogens (tertiary/aromatic N) is 1. The molecule has 0 aliphatic rings. The molecular formula is C10H13N3O3. The van der Waals surface area contributed by atoms with Gasteiger partial charge in [0.2, 0.25) is 0 Å². The van der Waals surface area contributed by atoms with E-state index in [2.05, 4.69) is 5.32 Å². The summed E-state index contributed by atoms with van der Waals surface area (Å²) in [6, 6.07) is 5.59. The Morgan fingerprint density at radius 2 is 2.19 bits per heavy atom. The number of para-hydroxylation sites is 1. The molecule has 6 heteroatoms. The van der Waals surface area contributed by atoms with Gasteiger partial charge in [0, 0.05) is 18.7 Å². The summed E-state index contributed by atoms with van der Waals surface area (Å²) >= 11 is 0. The maximum absolute atomic E-state index is 11.7. The van der Waals surface area contributed by atoms with Gasteiger partial charge in [-0.2, -0.15) is 0 Å². The highest BCUT2D eigenvalue weighted by Crippen LogP contribution is 2.17. The summed E-state index contributed by atoms with van der Waals surface area (Å²) in [4.78, 5) is 21.8. The Kier molecular flexibility index (Phi) is 3.96. The van der Waals surface area contributed by atoms with Crippen LogP contribution in [0.15, 0.2) is 24.3 Å².